The van der Waals surface area contributed by atoms with Gasteiger partial charge in [0.1, 0.15) is 0 Å². The number of allylic oxidation sites excluding steroid dienone is 1. The smallest absolute Gasteiger partial charge is 0.0109 e. The van der Waals surface area contributed by atoms with Gasteiger partial charge < -0.3 is 0 Å². The van der Waals surface area contributed by atoms with Gasteiger partial charge in [-0.1, -0.05) is 18.2 Å². The average Bonchev–Trinajstić information content (AvgIpc) is 1.66. The average molecular weight is 130 g/mol. The highest BCUT2D eigenvalue weighted by Gasteiger charge is 1.87. The molecule has 8 heavy (non-hydrogen) atoms. The highest BCUT2D eigenvalue weighted by Crippen LogP contribution is 2.08. The van der Waals surface area contributed by atoms with E-state index in [4.69, 9.17) is 11.6 Å². The summed E-state index contributed by atoms with van der Waals surface area (Å²) in [6.45, 7) is 7.07. The summed E-state index contributed by atoms with van der Waals surface area (Å²) in [6.07, 6.45) is 5.53. The Kier molecular flexibility index (Phi) is 5.19. The lowest BCUT2D eigenvalue weighted by Gasteiger charge is -1.92. The molecule has 0 spiro atoms. The van der Waals surface area contributed by atoms with Crippen LogP contribution in [0, 0.1) is 19.8 Å². The Labute approximate surface area is 56.5 Å². The SMILES string of the molecule is [CH2][CH][CH]CCC(=C)Cl. The highest BCUT2D eigenvalue weighted by atomic mass is 35.5. The van der Waals surface area contributed by atoms with E-state index >= 15 is 0 Å². The summed E-state index contributed by atoms with van der Waals surface area (Å²) in [7, 11) is 0. The van der Waals surface area contributed by atoms with Crippen molar-refractivity contribution in [3.05, 3.63) is 31.4 Å². The molecule has 0 nitrogen and oxygen atoms in total. The summed E-state index contributed by atoms with van der Waals surface area (Å²) < 4.78 is 0. The van der Waals surface area contributed by atoms with Gasteiger partial charge in [0.05, 0.1) is 0 Å². The van der Waals surface area contributed by atoms with E-state index in [9.17, 15) is 0 Å². The lowest BCUT2D eigenvalue weighted by Crippen LogP contribution is -1.74. The second-order valence-corrected chi connectivity index (χ2v) is 2.06. The largest absolute Gasteiger partial charge is 0.0898 e. The van der Waals surface area contributed by atoms with Gasteiger partial charge in [0.15, 0.2) is 0 Å². The van der Waals surface area contributed by atoms with Crippen molar-refractivity contribution in [3.8, 4) is 0 Å². The Morgan fingerprint density at radius 2 is 2.25 bits per heavy atom. The quantitative estimate of drug-likeness (QED) is 0.512. The summed E-state index contributed by atoms with van der Waals surface area (Å²) >= 11 is 5.46. The van der Waals surface area contributed by atoms with Crippen LogP contribution in [0.2, 0.25) is 0 Å². The zero-order chi connectivity index (χ0) is 6.41. The van der Waals surface area contributed by atoms with Gasteiger partial charge >= 0.3 is 0 Å². The maximum atomic E-state index is 5.46. The van der Waals surface area contributed by atoms with Gasteiger partial charge in [0, 0.05) is 5.03 Å². The molecule has 0 saturated heterocycles. The Bertz CT molecular complexity index is 66.8. The normalized spacial score (nSPS) is 9.25. The van der Waals surface area contributed by atoms with E-state index in [0.717, 1.165) is 12.8 Å². The second-order valence-electron chi connectivity index (χ2n) is 1.53. The summed E-state index contributed by atoms with van der Waals surface area (Å²) in [6, 6.07) is 0. The molecule has 3 radical (unpaired) electrons. The van der Waals surface area contributed by atoms with Crippen LogP contribution in [0.15, 0.2) is 11.6 Å². The molecule has 0 aliphatic rings. The van der Waals surface area contributed by atoms with Crippen molar-refractivity contribution in [2.45, 2.75) is 12.8 Å². The first-order chi connectivity index (χ1) is 3.77. The van der Waals surface area contributed by atoms with Crippen LogP contribution in [0.5, 0.6) is 0 Å². The number of unbranched alkanes of at least 4 members (excludes halogenated alkanes) is 2. The van der Waals surface area contributed by atoms with Crippen LogP contribution in [0.3, 0.4) is 0 Å². The van der Waals surface area contributed by atoms with Gasteiger partial charge in [-0.05, 0) is 32.6 Å². The van der Waals surface area contributed by atoms with Crippen molar-refractivity contribution in [2.75, 3.05) is 0 Å². The minimum absolute atomic E-state index is 0.711. The van der Waals surface area contributed by atoms with Crippen molar-refractivity contribution in [3.63, 3.8) is 0 Å². The van der Waals surface area contributed by atoms with Gasteiger partial charge in [0.25, 0.3) is 0 Å². The molecule has 0 amide bonds. The fourth-order valence-corrected chi connectivity index (χ4v) is 0.467. The third-order valence-electron chi connectivity index (χ3n) is 0.749. The van der Waals surface area contributed by atoms with Crippen molar-refractivity contribution in [1.29, 1.82) is 0 Å². The number of hydrogen-bond acceptors (Lipinski definition) is 0. The first-order valence-electron chi connectivity index (χ1n) is 2.55. The predicted octanol–water partition coefficient (Wildman–Crippen LogP) is 2.76. The topological polar surface area (TPSA) is 0 Å². The molecule has 0 aliphatic carbocycles. The molecular weight excluding hydrogens is 120 g/mol. The molecule has 0 saturated carbocycles. The van der Waals surface area contributed by atoms with Gasteiger partial charge in [0.2, 0.25) is 0 Å². The number of rotatable bonds is 4. The summed E-state index contributed by atoms with van der Waals surface area (Å²) in [4.78, 5) is 0. The molecule has 0 aromatic carbocycles. The Morgan fingerprint density at radius 3 is 2.62 bits per heavy atom. The van der Waals surface area contributed by atoms with Crippen LogP contribution in [0.1, 0.15) is 12.8 Å². The predicted molar refractivity (Wildman–Crippen MR) is 38.2 cm³/mol. The van der Waals surface area contributed by atoms with Crippen LogP contribution < -0.4 is 0 Å². The van der Waals surface area contributed by atoms with Crippen molar-refractivity contribution in [1.82, 2.24) is 0 Å². The third-order valence-corrected chi connectivity index (χ3v) is 0.938. The molecule has 0 unspecified atom stereocenters. The molecule has 0 bridgehead atoms. The van der Waals surface area contributed by atoms with Crippen LogP contribution in [-0.2, 0) is 0 Å². The summed E-state index contributed by atoms with van der Waals surface area (Å²) in [5.41, 5.74) is 0. The summed E-state index contributed by atoms with van der Waals surface area (Å²) in [5, 5.41) is 0.711. The molecule has 1 heteroatoms. The lowest BCUT2D eigenvalue weighted by atomic mass is 10.2. The highest BCUT2D eigenvalue weighted by molar-refractivity contribution is 6.29. The van der Waals surface area contributed by atoms with Crippen molar-refractivity contribution >= 4 is 11.6 Å². The van der Waals surface area contributed by atoms with E-state index in [2.05, 4.69) is 13.5 Å². The molecule has 0 aromatic heterocycles. The maximum absolute atomic E-state index is 5.46. The van der Waals surface area contributed by atoms with E-state index < -0.39 is 0 Å². The van der Waals surface area contributed by atoms with E-state index in [-0.39, 0.29) is 0 Å². The van der Waals surface area contributed by atoms with E-state index in [1.165, 1.54) is 0 Å². The zero-order valence-corrected chi connectivity index (χ0v) is 5.62. The summed E-state index contributed by atoms with van der Waals surface area (Å²) in [5.74, 6) is 0. The Balaban J connectivity index is 2.82. The lowest BCUT2D eigenvalue weighted by molar-refractivity contribution is 0.977. The minimum atomic E-state index is 0.711. The van der Waals surface area contributed by atoms with E-state index in [1.807, 2.05) is 6.42 Å². The molecule has 0 aliphatic heterocycles. The van der Waals surface area contributed by atoms with Crippen LogP contribution in [0.25, 0.3) is 0 Å². The minimum Gasteiger partial charge on any atom is -0.0898 e. The Hall–Kier alpha value is 0.0300. The fraction of sp³-hybridized carbons (Fsp3) is 0.286. The molecule has 45 valence electrons. The molecule has 0 heterocycles. The first kappa shape index (κ1) is 8.03. The van der Waals surface area contributed by atoms with Gasteiger partial charge in [-0.2, -0.15) is 0 Å². The molecular formula is C7H10Cl. The zero-order valence-electron chi connectivity index (χ0n) is 4.86. The molecule has 0 atom stereocenters. The fourth-order valence-electron chi connectivity index (χ4n) is 0.358. The van der Waals surface area contributed by atoms with Crippen LogP contribution in [0.4, 0.5) is 0 Å². The Morgan fingerprint density at radius 1 is 1.62 bits per heavy atom. The molecule has 0 rings (SSSR count). The maximum Gasteiger partial charge on any atom is 0.0109 e. The van der Waals surface area contributed by atoms with Crippen molar-refractivity contribution in [2.24, 2.45) is 0 Å². The molecule has 0 fully saturated rings. The van der Waals surface area contributed by atoms with E-state index in [1.54, 1.807) is 6.42 Å². The molecule has 0 N–H and O–H groups in total. The third kappa shape index (κ3) is 6.03. The van der Waals surface area contributed by atoms with E-state index in [0.29, 0.717) is 5.03 Å². The van der Waals surface area contributed by atoms with Crippen LogP contribution >= 0.6 is 11.6 Å². The molecule has 0 aromatic rings. The van der Waals surface area contributed by atoms with Crippen molar-refractivity contribution < 1.29 is 0 Å². The number of hydrogen-bond donors (Lipinski definition) is 0. The van der Waals surface area contributed by atoms with Gasteiger partial charge in [-0.3, -0.25) is 0 Å². The van der Waals surface area contributed by atoms with Gasteiger partial charge in [-0.25, -0.2) is 0 Å². The standard InChI is InChI=1S/C7H10Cl/c1-3-4-5-6-7(2)8/h3-4H,1-2,5-6H2. The monoisotopic (exact) mass is 129 g/mol. The number of halogens is 1. The van der Waals surface area contributed by atoms with Gasteiger partial charge in [-0.15, -0.1) is 0 Å². The first-order valence-corrected chi connectivity index (χ1v) is 2.92. The van der Waals surface area contributed by atoms with Crippen LogP contribution in [-0.4, -0.2) is 0 Å². The second kappa shape index (κ2) is 5.17.